The van der Waals surface area contributed by atoms with Gasteiger partial charge in [0.15, 0.2) is 0 Å². The molecule has 0 saturated carbocycles. The Kier molecular flexibility index (Phi) is 6.46. The lowest BCUT2D eigenvalue weighted by Gasteiger charge is -2.40. The number of hydrogen-bond donors (Lipinski definition) is 1. The Morgan fingerprint density at radius 2 is 1.92 bits per heavy atom. The van der Waals surface area contributed by atoms with E-state index in [1.807, 2.05) is 36.2 Å². The summed E-state index contributed by atoms with van der Waals surface area (Å²) >= 11 is 7.81. The van der Waals surface area contributed by atoms with Gasteiger partial charge in [-0.1, -0.05) is 23.4 Å². The SMILES string of the molecule is CN1C2=NC(N3CCC4(CC3)Cc3cc(C(F)(F)F)cnc3C4)=CC=NC1=C(Sc1ccnc(N)c1Cl)C=C2. The molecule has 0 aromatic carbocycles. The van der Waals surface area contributed by atoms with Crippen molar-refractivity contribution in [3.8, 4) is 0 Å². The van der Waals surface area contributed by atoms with Crippen LogP contribution < -0.4 is 5.73 Å². The number of piperidine rings is 1. The highest BCUT2D eigenvalue weighted by molar-refractivity contribution is 8.03. The number of halogens is 4. The molecule has 1 spiro atoms. The van der Waals surface area contributed by atoms with Gasteiger partial charge >= 0.3 is 6.18 Å². The average Bonchev–Trinajstić information content (AvgIpc) is 3.25. The summed E-state index contributed by atoms with van der Waals surface area (Å²) in [5, 5.41) is 0.410. The Morgan fingerprint density at radius 3 is 2.69 bits per heavy atom. The van der Waals surface area contributed by atoms with Crippen molar-refractivity contribution in [3.05, 3.63) is 81.1 Å². The minimum Gasteiger partial charge on any atom is -0.382 e. The third-order valence-corrected chi connectivity index (χ3v) is 9.27. The quantitative estimate of drug-likeness (QED) is 0.509. The molecule has 4 aliphatic rings. The number of hydrogen-bond acceptors (Lipinski definition) is 8. The van der Waals surface area contributed by atoms with Crippen LogP contribution in [0.5, 0.6) is 0 Å². The van der Waals surface area contributed by atoms with Crippen LogP contribution in [0.2, 0.25) is 5.02 Å². The summed E-state index contributed by atoms with van der Waals surface area (Å²) in [5.41, 5.74) is 6.67. The molecule has 2 aromatic rings. The number of rotatable bonds is 3. The number of nitrogens with zero attached hydrogens (tertiary/aromatic N) is 6. The van der Waals surface area contributed by atoms with E-state index in [1.54, 1.807) is 12.4 Å². The summed E-state index contributed by atoms with van der Waals surface area (Å²) in [4.78, 5) is 23.7. The number of nitrogens with two attached hydrogens (primary N) is 1. The Balaban J connectivity index is 1.18. The van der Waals surface area contributed by atoms with Crippen molar-refractivity contribution in [2.75, 3.05) is 25.9 Å². The van der Waals surface area contributed by atoms with Gasteiger partial charge in [0, 0.05) is 49.3 Å². The van der Waals surface area contributed by atoms with Crippen LogP contribution in [0.15, 0.2) is 74.2 Å². The fraction of sp³-hybridized carbons (Fsp3) is 0.333. The summed E-state index contributed by atoms with van der Waals surface area (Å²) in [6.45, 7) is 1.52. The fourth-order valence-electron chi connectivity index (χ4n) is 5.49. The van der Waals surface area contributed by atoms with Gasteiger partial charge in [0.25, 0.3) is 0 Å². The predicted octanol–water partition coefficient (Wildman–Crippen LogP) is 5.70. The van der Waals surface area contributed by atoms with E-state index in [9.17, 15) is 13.2 Å². The third kappa shape index (κ3) is 4.93. The second-order valence-corrected chi connectivity index (χ2v) is 11.6. The largest absolute Gasteiger partial charge is 0.417 e. The number of nitrogen functional groups attached to an aromatic ring is 1. The standard InChI is InChI=1S/C27H25ClF3N7S/c1-37-21-3-2-20(39-19-4-8-33-24(32)23(19)28)25(37)34-9-5-22(36-21)38-10-6-26(7-11-38)13-16-12-17(27(29,30)31)15-35-18(16)14-26/h2-5,8-9,12,15H,6-7,10-11,13-14H2,1H3,(H2,32,33). The van der Waals surface area contributed by atoms with Gasteiger partial charge in [0.2, 0.25) is 0 Å². The van der Waals surface area contributed by atoms with Gasteiger partial charge in [0.1, 0.15) is 23.3 Å². The monoisotopic (exact) mass is 571 g/mol. The molecular weight excluding hydrogens is 547 g/mol. The van der Waals surface area contributed by atoms with Gasteiger partial charge in [0.05, 0.1) is 15.5 Å². The Morgan fingerprint density at radius 1 is 1.13 bits per heavy atom. The molecular formula is C27H25ClF3N7S. The number of likely N-dealkylation sites (tertiary alicyclic amines) is 1. The zero-order valence-electron chi connectivity index (χ0n) is 21.0. The second-order valence-electron chi connectivity index (χ2n) is 10.1. The molecule has 39 heavy (non-hydrogen) atoms. The molecule has 2 aromatic heterocycles. The smallest absolute Gasteiger partial charge is 0.382 e. The topological polar surface area (TPSA) is 83.0 Å². The fourth-order valence-corrected chi connectivity index (χ4v) is 6.69. The van der Waals surface area contributed by atoms with Crippen molar-refractivity contribution in [2.24, 2.45) is 15.4 Å². The van der Waals surface area contributed by atoms with Gasteiger partial charge in [-0.15, -0.1) is 0 Å². The summed E-state index contributed by atoms with van der Waals surface area (Å²) < 4.78 is 39.5. The molecule has 2 N–H and O–H groups in total. The van der Waals surface area contributed by atoms with E-state index in [0.717, 1.165) is 77.1 Å². The van der Waals surface area contributed by atoms with Crippen molar-refractivity contribution >= 4 is 41.2 Å². The first-order valence-corrected chi connectivity index (χ1v) is 13.7. The number of likely N-dealkylation sites (N-methyl/N-ethyl adjacent to an activating group) is 1. The Hall–Kier alpha value is -3.31. The summed E-state index contributed by atoms with van der Waals surface area (Å²) in [5.74, 6) is 2.60. The van der Waals surface area contributed by atoms with Crippen LogP contribution in [0.25, 0.3) is 0 Å². The number of pyridine rings is 2. The molecule has 1 fully saturated rings. The number of anilines is 1. The van der Waals surface area contributed by atoms with Crippen LogP contribution in [-0.4, -0.2) is 52.0 Å². The zero-order chi connectivity index (χ0) is 27.4. The van der Waals surface area contributed by atoms with Crippen LogP contribution in [0.3, 0.4) is 0 Å². The van der Waals surface area contributed by atoms with E-state index in [4.69, 9.17) is 27.3 Å². The van der Waals surface area contributed by atoms with Gasteiger partial charge < -0.3 is 15.5 Å². The third-order valence-electron chi connectivity index (χ3n) is 7.66. The van der Waals surface area contributed by atoms with Crippen molar-refractivity contribution < 1.29 is 13.2 Å². The molecule has 2 bridgehead atoms. The molecule has 7 nitrogen and oxygen atoms in total. The highest BCUT2D eigenvalue weighted by atomic mass is 35.5. The molecule has 1 saturated heterocycles. The second kappa shape index (κ2) is 9.71. The van der Waals surface area contributed by atoms with Gasteiger partial charge in [-0.2, -0.15) is 13.2 Å². The molecule has 6 rings (SSSR count). The number of alkyl halides is 3. The van der Waals surface area contributed by atoms with Crippen LogP contribution in [0.4, 0.5) is 19.0 Å². The first-order chi connectivity index (χ1) is 18.6. The molecule has 202 valence electrons. The number of aliphatic imine (C=N–C) groups is 2. The number of thioether (sulfide) groups is 1. The highest BCUT2D eigenvalue weighted by Crippen LogP contribution is 2.46. The zero-order valence-corrected chi connectivity index (χ0v) is 22.6. The molecule has 0 atom stereocenters. The van der Waals surface area contributed by atoms with Crippen LogP contribution in [0, 0.1) is 5.41 Å². The van der Waals surface area contributed by atoms with Crippen molar-refractivity contribution in [2.45, 2.75) is 36.8 Å². The average molecular weight is 572 g/mol. The maximum absolute atomic E-state index is 13.2. The van der Waals surface area contributed by atoms with Crippen LogP contribution in [-0.2, 0) is 19.0 Å². The van der Waals surface area contributed by atoms with Crippen molar-refractivity contribution in [3.63, 3.8) is 0 Å². The maximum atomic E-state index is 13.2. The molecule has 0 radical (unpaired) electrons. The minimum atomic E-state index is -4.37. The molecule has 5 heterocycles. The molecule has 0 amide bonds. The van der Waals surface area contributed by atoms with Gasteiger partial charge in [-0.3, -0.25) is 4.98 Å². The number of aromatic nitrogens is 2. The first-order valence-electron chi connectivity index (χ1n) is 12.5. The van der Waals surface area contributed by atoms with E-state index >= 15 is 0 Å². The summed E-state index contributed by atoms with van der Waals surface area (Å²) in [7, 11) is 1.92. The lowest BCUT2D eigenvalue weighted by atomic mass is 9.76. The van der Waals surface area contributed by atoms with E-state index in [-0.39, 0.29) is 11.2 Å². The molecule has 0 unspecified atom stereocenters. The molecule has 3 aliphatic heterocycles. The Bertz CT molecular complexity index is 1490. The Labute approximate surface area is 233 Å². The minimum absolute atomic E-state index is 0.0549. The maximum Gasteiger partial charge on any atom is 0.417 e. The first kappa shape index (κ1) is 25.9. The molecule has 1 aliphatic carbocycles. The lowest BCUT2D eigenvalue weighted by molar-refractivity contribution is -0.137. The van der Waals surface area contributed by atoms with Crippen LogP contribution in [0.1, 0.15) is 29.7 Å². The van der Waals surface area contributed by atoms with E-state index < -0.39 is 11.7 Å². The van der Waals surface area contributed by atoms with E-state index in [1.165, 1.54) is 17.8 Å². The van der Waals surface area contributed by atoms with Gasteiger partial charge in [-0.25, -0.2) is 15.0 Å². The lowest BCUT2D eigenvalue weighted by Crippen LogP contribution is -2.40. The van der Waals surface area contributed by atoms with Crippen LogP contribution >= 0.6 is 23.4 Å². The predicted molar refractivity (Wildman–Crippen MR) is 147 cm³/mol. The molecule has 12 heteroatoms. The van der Waals surface area contributed by atoms with E-state index in [0.29, 0.717) is 11.4 Å². The van der Waals surface area contributed by atoms with Crippen molar-refractivity contribution in [1.29, 1.82) is 0 Å². The van der Waals surface area contributed by atoms with E-state index in [2.05, 4.69) is 14.9 Å². The highest BCUT2D eigenvalue weighted by Gasteiger charge is 2.42. The normalized spacial score (nSPS) is 20.1. The van der Waals surface area contributed by atoms with Gasteiger partial charge in [-0.05, 0) is 67.0 Å². The number of allylic oxidation sites excluding steroid dienone is 2. The summed E-state index contributed by atoms with van der Waals surface area (Å²) in [6.07, 6.45) is 8.85. The summed E-state index contributed by atoms with van der Waals surface area (Å²) in [6, 6.07) is 3.10. The number of amidine groups is 1. The van der Waals surface area contributed by atoms with Crippen molar-refractivity contribution in [1.82, 2.24) is 19.8 Å². The number of fused-ring (bicyclic) bond motifs is 3.